The summed E-state index contributed by atoms with van der Waals surface area (Å²) in [6, 6.07) is -1.34. The summed E-state index contributed by atoms with van der Waals surface area (Å²) in [7, 11) is 0. The van der Waals surface area contributed by atoms with Crippen LogP contribution in [0.3, 0.4) is 0 Å². The average Bonchev–Trinajstić information content (AvgIpc) is 2.83. The van der Waals surface area contributed by atoms with Gasteiger partial charge in [-0.2, -0.15) is 0 Å². The van der Waals surface area contributed by atoms with E-state index in [-0.39, 0.29) is 0 Å². The Balaban J connectivity index is 1.86. The highest BCUT2D eigenvalue weighted by Gasteiger charge is 2.53. The summed E-state index contributed by atoms with van der Waals surface area (Å²) in [5, 5.41) is 93.1. The Labute approximate surface area is 205 Å². The molecule has 0 radical (unpaired) electrons. The van der Waals surface area contributed by atoms with Gasteiger partial charge in [0, 0.05) is 6.92 Å². The number of amides is 1. The third kappa shape index (κ3) is 5.97. The number of carbonyl (C=O) groups is 1. The summed E-state index contributed by atoms with van der Waals surface area (Å²) in [6.07, 6.45) is -21.9. The first-order valence-corrected chi connectivity index (χ1v) is 11.4. The van der Waals surface area contributed by atoms with E-state index in [1.807, 2.05) is 0 Å². The minimum Gasteiger partial charge on any atom is -0.394 e. The van der Waals surface area contributed by atoms with Gasteiger partial charge in [-0.25, -0.2) is 0 Å². The summed E-state index contributed by atoms with van der Waals surface area (Å²) >= 11 is 0. The molecule has 15 atom stereocenters. The molecule has 16 heteroatoms. The van der Waals surface area contributed by atoms with E-state index in [4.69, 9.17) is 23.7 Å². The monoisotopic (exact) mass is 529 g/mol. The van der Waals surface area contributed by atoms with Crippen LogP contribution in [0.4, 0.5) is 0 Å². The minimum absolute atomic E-state index is 0.608. The molecule has 1 amide bonds. The van der Waals surface area contributed by atoms with Gasteiger partial charge in [-0.15, -0.1) is 0 Å². The molecule has 3 aliphatic heterocycles. The van der Waals surface area contributed by atoms with Crippen molar-refractivity contribution in [2.45, 2.75) is 106 Å². The molecule has 3 aliphatic rings. The molecular weight excluding hydrogens is 494 g/mol. The SMILES string of the molecule is CC(=O)N[C@@H]1[C@H](O[C@@H]2[C@@H](O[C@H]3O[C@H](CO)[C@@H](O)[C@H](O)[C@H]3O)[C@@H](O)[C@@H](O)O[C@H]2C)O[C@H](CO)[C@@H](O)[C@@H]1O. The molecule has 0 spiro atoms. The first kappa shape index (κ1) is 29.5. The molecule has 10 N–H and O–H groups in total. The number of hydrogen-bond acceptors (Lipinski definition) is 15. The molecule has 0 saturated carbocycles. The summed E-state index contributed by atoms with van der Waals surface area (Å²) in [4.78, 5) is 11.7. The van der Waals surface area contributed by atoms with Crippen molar-refractivity contribution in [1.29, 1.82) is 0 Å². The van der Waals surface area contributed by atoms with E-state index in [1.165, 1.54) is 6.92 Å². The Kier molecular flexibility index (Phi) is 9.97. The maximum atomic E-state index is 11.7. The number of nitrogens with one attached hydrogen (secondary N) is 1. The van der Waals surface area contributed by atoms with Crippen LogP contribution in [0.2, 0.25) is 0 Å². The summed E-state index contributed by atoms with van der Waals surface area (Å²) in [5.41, 5.74) is 0. The van der Waals surface area contributed by atoms with Crippen LogP contribution >= 0.6 is 0 Å². The highest BCUT2D eigenvalue weighted by atomic mass is 16.7. The molecular formula is C20H35NO15. The van der Waals surface area contributed by atoms with Crippen LogP contribution in [0.5, 0.6) is 0 Å². The van der Waals surface area contributed by atoms with Crippen LogP contribution in [0, 0.1) is 0 Å². The summed E-state index contributed by atoms with van der Waals surface area (Å²) in [5.74, 6) is -0.608. The zero-order valence-electron chi connectivity index (χ0n) is 19.5. The lowest BCUT2D eigenvalue weighted by molar-refractivity contribution is -0.374. The molecule has 0 aromatic heterocycles. The minimum atomic E-state index is -1.83. The van der Waals surface area contributed by atoms with Crippen molar-refractivity contribution < 1.29 is 74.4 Å². The molecule has 210 valence electrons. The van der Waals surface area contributed by atoms with Crippen molar-refractivity contribution in [3.05, 3.63) is 0 Å². The fraction of sp³-hybridized carbons (Fsp3) is 0.950. The van der Waals surface area contributed by atoms with Crippen LogP contribution in [0.25, 0.3) is 0 Å². The normalized spacial score (nSPS) is 50.0. The second kappa shape index (κ2) is 12.2. The van der Waals surface area contributed by atoms with E-state index < -0.39 is 111 Å². The van der Waals surface area contributed by atoms with E-state index in [9.17, 15) is 50.8 Å². The lowest BCUT2D eigenvalue weighted by Crippen LogP contribution is -2.68. The maximum Gasteiger partial charge on any atom is 0.217 e. The first-order chi connectivity index (χ1) is 16.9. The lowest BCUT2D eigenvalue weighted by atomic mass is 9.95. The fourth-order valence-corrected chi connectivity index (χ4v) is 4.42. The van der Waals surface area contributed by atoms with Crippen molar-refractivity contribution in [2.24, 2.45) is 0 Å². The third-order valence-corrected chi connectivity index (χ3v) is 6.45. The number of aliphatic hydroxyl groups excluding tert-OH is 9. The Morgan fingerprint density at radius 1 is 0.722 bits per heavy atom. The first-order valence-electron chi connectivity index (χ1n) is 11.4. The molecule has 0 aromatic carbocycles. The maximum absolute atomic E-state index is 11.7. The van der Waals surface area contributed by atoms with Gasteiger partial charge in [0.25, 0.3) is 0 Å². The molecule has 16 nitrogen and oxygen atoms in total. The topological polar surface area (TPSA) is 257 Å². The molecule has 0 aliphatic carbocycles. The van der Waals surface area contributed by atoms with Gasteiger partial charge in [-0.05, 0) is 6.92 Å². The van der Waals surface area contributed by atoms with E-state index in [0.717, 1.165) is 6.92 Å². The van der Waals surface area contributed by atoms with E-state index in [1.54, 1.807) is 0 Å². The molecule has 3 fully saturated rings. The highest BCUT2D eigenvalue weighted by molar-refractivity contribution is 5.73. The second-order valence-corrected chi connectivity index (χ2v) is 9.05. The van der Waals surface area contributed by atoms with Gasteiger partial charge in [0.05, 0.1) is 19.3 Å². The van der Waals surface area contributed by atoms with Crippen molar-refractivity contribution in [3.8, 4) is 0 Å². The van der Waals surface area contributed by atoms with Crippen molar-refractivity contribution in [2.75, 3.05) is 13.2 Å². The molecule has 0 unspecified atom stereocenters. The van der Waals surface area contributed by atoms with E-state index in [2.05, 4.69) is 5.32 Å². The largest absolute Gasteiger partial charge is 0.394 e. The Morgan fingerprint density at radius 3 is 1.81 bits per heavy atom. The fourth-order valence-electron chi connectivity index (χ4n) is 4.42. The molecule has 0 bridgehead atoms. The standard InChI is InChI=1S/C20H35NO15/c1-5-16(35-19-9(21-6(2)24)12(27)10(25)7(3-22)33-19)17(15(30)18(31)32-5)36-20-14(29)13(28)11(26)8(4-23)34-20/h5,7-20,22-23,25-31H,3-4H2,1-2H3,(H,21,24)/t5-,7+,8+,9-,10+,11+,12+,13-,14+,15+,16-,17-,18-,19-,20+/m0/s1. The number of carbonyl (C=O) groups excluding carboxylic acids is 1. The van der Waals surface area contributed by atoms with Crippen LogP contribution in [-0.2, 0) is 28.5 Å². The Hall–Kier alpha value is -1.09. The van der Waals surface area contributed by atoms with Gasteiger partial charge < -0.3 is 75.0 Å². The van der Waals surface area contributed by atoms with Crippen LogP contribution in [0.1, 0.15) is 13.8 Å². The van der Waals surface area contributed by atoms with Gasteiger partial charge in [-0.1, -0.05) is 0 Å². The zero-order valence-corrected chi connectivity index (χ0v) is 19.5. The summed E-state index contributed by atoms with van der Waals surface area (Å²) < 4.78 is 27.6. The predicted molar refractivity (Wildman–Crippen MR) is 111 cm³/mol. The van der Waals surface area contributed by atoms with E-state index in [0.29, 0.717) is 0 Å². The number of ether oxygens (including phenoxy) is 5. The van der Waals surface area contributed by atoms with Gasteiger partial charge in [0.1, 0.15) is 67.1 Å². The van der Waals surface area contributed by atoms with Gasteiger partial charge >= 0.3 is 0 Å². The highest BCUT2D eigenvalue weighted by Crippen LogP contribution is 2.32. The third-order valence-electron chi connectivity index (χ3n) is 6.45. The van der Waals surface area contributed by atoms with Crippen molar-refractivity contribution in [1.82, 2.24) is 5.32 Å². The second-order valence-electron chi connectivity index (χ2n) is 9.05. The smallest absolute Gasteiger partial charge is 0.217 e. The molecule has 3 heterocycles. The van der Waals surface area contributed by atoms with Gasteiger partial charge in [0.2, 0.25) is 5.91 Å². The zero-order chi connectivity index (χ0) is 26.9. The molecule has 0 aromatic rings. The number of rotatable bonds is 7. The number of aliphatic hydroxyl groups is 9. The predicted octanol–water partition coefficient (Wildman–Crippen LogP) is -6.40. The molecule has 36 heavy (non-hydrogen) atoms. The van der Waals surface area contributed by atoms with Gasteiger partial charge in [-0.3, -0.25) is 4.79 Å². The van der Waals surface area contributed by atoms with Crippen molar-refractivity contribution >= 4 is 5.91 Å². The molecule has 3 rings (SSSR count). The summed E-state index contributed by atoms with van der Waals surface area (Å²) in [6.45, 7) is 1.12. The Bertz CT molecular complexity index is 729. The average molecular weight is 529 g/mol. The van der Waals surface area contributed by atoms with Crippen molar-refractivity contribution in [3.63, 3.8) is 0 Å². The van der Waals surface area contributed by atoms with Gasteiger partial charge in [0.15, 0.2) is 18.9 Å². The lowest BCUT2D eigenvalue weighted by Gasteiger charge is -2.48. The van der Waals surface area contributed by atoms with Crippen LogP contribution in [-0.4, -0.2) is 157 Å². The molecule has 3 saturated heterocycles. The van der Waals surface area contributed by atoms with E-state index >= 15 is 0 Å². The Morgan fingerprint density at radius 2 is 1.25 bits per heavy atom. The quantitative estimate of drug-likeness (QED) is 0.147. The number of hydrogen-bond donors (Lipinski definition) is 10. The van der Waals surface area contributed by atoms with Crippen LogP contribution < -0.4 is 5.32 Å². The van der Waals surface area contributed by atoms with Crippen LogP contribution in [0.15, 0.2) is 0 Å².